The number of halogens is 1. The zero-order valence-electron chi connectivity index (χ0n) is 17.7. The van der Waals surface area contributed by atoms with Gasteiger partial charge in [0.05, 0.1) is 5.56 Å². The number of carbonyl (C=O) groups excluding carboxylic acids is 1. The zero-order valence-corrected chi connectivity index (χ0v) is 18.5. The Balaban J connectivity index is 1.44. The third kappa shape index (κ3) is 4.68. The Labute approximate surface area is 190 Å². The van der Waals surface area contributed by atoms with Crippen LogP contribution in [0.4, 0.5) is 10.1 Å². The maximum Gasteiger partial charge on any atom is 0.260 e. The number of hydrogen-bond acceptors (Lipinski definition) is 4. The van der Waals surface area contributed by atoms with Crippen molar-refractivity contribution >= 4 is 40.0 Å². The molecule has 1 amide bonds. The van der Waals surface area contributed by atoms with Crippen molar-refractivity contribution in [2.24, 2.45) is 0 Å². The number of aromatic nitrogens is 1. The normalized spacial score (nSPS) is 11.8. The second-order valence-electron chi connectivity index (χ2n) is 7.52. The largest absolute Gasteiger partial charge is 0.436 e. The van der Waals surface area contributed by atoms with Gasteiger partial charge in [0.25, 0.3) is 5.91 Å². The lowest BCUT2D eigenvalue weighted by molar-refractivity contribution is 0.0974. The highest BCUT2D eigenvalue weighted by atomic mass is 32.1. The van der Waals surface area contributed by atoms with E-state index in [0.717, 1.165) is 23.1 Å². The van der Waals surface area contributed by atoms with Crippen molar-refractivity contribution in [1.82, 2.24) is 10.3 Å². The van der Waals surface area contributed by atoms with E-state index in [9.17, 15) is 9.18 Å². The van der Waals surface area contributed by atoms with Crippen molar-refractivity contribution in [2.45, 2.75) is 26.2 Å². The molecule has 32 heavy (non-hydrogen) atoms. The second-order valence-corrected chi connectivity index (χ2v) is 7.93. The number of hydrogen-bond donors (Lipinski definition) is 2. The Morgan fingerprint density at radius 2 is 1.88 bits per heavy atom. The van der Waals surface area contributed by atoms with E-state index in [2.05, 4.69) is 41.6 Å². The third-order valence-electron chi connectivity index (χ3n) is 5.33. The summed E-state index contributed by atoms with van der Waals surface area (Å²) in [6.45, 7) is 4.35. The van der Waals surface area contributed by atoms with Crippen LogP contribution < -0.4 is 10.6 Å². The van der Waals surface area contributed by atoms with Crippen molar-refractivity contribution < 1.29 is 13.6 Å². The molecular formula is C25H22FN3O2S. The van der Waals surface area contributed by atoms with Crippen LogP contribution in [0.1, 0.15) is 42.1 Å². The van der Waals surface area contributed by atoms with E-state index in [0.29, 0.717) is 17.5 Å². The van der Waals surface area contributed by atoms with Gasteiger partial charge in [-0.25, -0.2) is 9.37 Å². The highest BCUT2D eigenvalue weighted by molar-refractivity contribution is 7.80. The van der Waals surface area contributed by atoms with Gasteiger partial charge in [-0.1, -0.05) is 32.0 Å². The van der Waals surface area contributed by atoms with Gasteiger partial charge in [-0.15, -0.1) is 0 Å². The molecule has 4 aromatic rings. The van der Waals surface area contributed by atoms with Gasteiger partial charge in [0.2, 0.25) is 5.89 Å². The molecule has 162 valence electrons. The molecule has 0 aliphatic rings. The SMILES string of the molecule is CCC(C)c1ccc2oc(-c3ccc(NC(=S)NC(=O)c4ccccc4F)cc3)nc2c1. The van der Waals surface area contributed by atoms with Crippen LogP contribution in [0.25, 0.3) is 22.6 Å². The van der Waals surface area contributed by atoms with Crippen LogP contribution in [-0.2, 0) is 0 Å². The number of benzene rings is 3. The van der Waals surface area contributed by atoms with Crippen molar-refractivity contribution in [2.75, 3.05) is 5.32 Å². The first-order valence-corrected chi connectivity index (χ1v) is 10.7. The Hall–Kier alpha value is -3.58. The number of nitrogens with one attached hydrogen (secondary N) is 2. The molecular weight excluding hydrogens is 425 g/mol. The van der Waals surface area contributed by atoms with Crippen LogP contribution in [-0.4, -0.2) is 16.0 Å². The van der Waals surface area contributed by atoms with Crippen molar-refractivity contribution in [3.63, 3.8) is 0 Å². The van der Waals surface area contributed by atoms with Gasteiger partial charge >= 0.3 is 0 Å². The fourth-order valence-corrected chi connectivity index (χ4v) is 3.49. The Morgan fingerprint density at radius 3 is 2.59 bits per heavy atom. The van der Waals surface area contributed by atoms with Gasteiger partial charge in [0.1, 0.15) is 11.3 Å². The molecule has 0 saturated heterocycles. The molecule has 5 nitrogen and oxygen atoms in total. The highest BCUT2D eigenvalue weighted by Gasteiger charge is 2.13. The van der Waals surface area contributed by atoms with E-state index in [-0.39, 0.29) is 10.7 Å². The standard InChI is InChI=1S/C25H22FN3O2S/c1-3-15(2)17-10-13-22-21(14-17)28-24(31-22)16-8-11-18(12-9-16)27-25(32)29-23(30)19-6-4-5-7-20(19)26/h4-15H,3H2,1-2H3,(H2,27,29,30,32). The van der Waals surface area contributed by atoms with Crippen LogP contribution in [0.15, 0.2) is 71.1 Å². The summed E-state index contributed by atoms with van der Waals surface area (Å²) in [4.78, 5) is 16.8. The van der Waals surface area contributed by atoms with E-state index < -0.39 is 11.7 Å². The van der Waals surface area contributed by atoms with Gasteiger partial charge in [-0.2, -0.15) is 0 Å². The Bertz CT molecular complexity index is 1280. The van der Waals surface area contributed by atoms with Gasteiger partial charge in [0, 0.05) is 11.3 Å². The first-order chi connectivity index (χ1) is 15.4. The molecule has 4 rings (SSSR count). The van der Waals surface area contributed by atoms with E-state index in [1.807, 2.05) is 18.2 Å². The molecule has 0 spiro atoms. The molecule has 0 aliphatic carbocycles. The summed E-state index contributed by atoms with van der Waals surface area (Å²) in [7, 11) is 0. The van der Waals surface area contributed by atoms with E-state index in [1.165, 1.54) is 23.8 Å². The van der Waals surface area contributed by atoms with Crippen LogP contribution in [0, 0.1) is 5.82 Å². The van der Waals surface area contributed by atoms with Crippen LogP contribution in [0.2, 0.25) is 0 Å². The molecule has 2 N–H and O–H groups in total. The second kappa shape index (κ2) is 9.28. The minimum atomic E-state index is -0.611. The number of oxazole rings is 1. The van der Waals surface area contributed by atoms with E-state index >= 15 is 0 Å². The topological polar surface area (TPSA) is 67.2 Å². The minimum absolute atomic E-state index is 0.0700. The van der Waals surface area contributed by atoms with Gasteiger partial charge in [-0.05, 0) is 78.7 Å². The highest BCUT2D eigenvalue weighted by Crippen LogP contribution is 2.28. The van der Waals surface area contributed by atoms with Gasteiger partial charge in [0.15, 0.2) is 10.7 Å². The van der Waals surface area contributed by atoms with Crippen molar-refractivity contribution in [3.8, 4) is 11.5 Å². The minimum Gasteiger partial charge on any atom is -0.436 e. The van der Waals surface area contributed by atoms with E-state index in [4.69, 9.17) is 16.6 Å². The number of carbonyl (C=O) groups is 1. The molecule has 0 saturated carbocycles. The predicted molar refractivity (Wildman–Crippen MR) is 128 cm³/mol. The van der Waals surface area contributed by atoms with Gasteiger partial charge in [-0.3, -0.25) is 10.1 Å². The summed E-state index contributed by atoms with van der Waals surface area (Å²) in [5, 5.41) is 5.47. The maximum absolute atomic E-state index is 13.7. The average Bonchev–Trinajstić information content (AvgIpc) is 3.22. The summed E-state index contributed by atoms with van der Waals surface area (Å²) >= 11 is 5.17. The molecule has 7 heteroatoms. The summed E-state index contributed by atoms with van der Waals surface area (Å²) in [6.07, 6.45) is 1.06. The molecule has 0 radical (unpaired) electrons. The number of thiocarbonyl (C=S) groups is 1. The summed E-state index contributed by atoms with van der Waals surface area (Å²) in [6, 6.07) is 19.1. The number of rotatable bonds is 5. The first kappa shape index (κ1) is 21.6. The van der Waals surface area contributed by atoms with Crippen molar-refractivity contribution in [1.29, 1.82) is 0 Å². The third-order valence-corrected chi connectivity index (χ3v) is 5.53. The molecule has 3 aromatic carbocycles. The van der Waals surface area contributed by atoms with E-state index in [1.54, 1.807) is 18.2 Å². The van der Waals surface area contributed by atoms with Crippen LogP contribution >= 0.6 is 12.2 Å². The summed E-state index contributed by atoms with van der Waals surface area (Å²) in [5.41, 5.74) is 4.23. The Morgan fingerprint density at radius 1 is 1.12 bits per heavy atom. The monoisotopic (exact) mass is 447 g/mol. The summed E-state index contributed by atoms with van der Waals surface area (Å²) < 4.78 is 19.6. The molecule has 1 aromatic heterocycles. The average molecular weight is 448 g/mol. The fourth-order valence-electron chi connectivity index (χ4n) is 3.28. The molecule has 0 aliphatic heterocycles. The smallest absolute Gasteiger partial charge is 0.260 e. The van der Waals surface area contributed by atoms with Gasteiger partial charge < -0.3 is 9.73 Å². The first-order valence-electron chi connectivity index (χ1n) is 10.3. The molecule has 0 bridgehead atoms. The Kier molecular flexibility index (Phi) is 6.28. The molecule has 1 unspecified atom stereocenters. The molecule has 1 atom stereocenters. The van der Waals surface area contributed by atoms with Crippen LogP contribution in [0.5, 0.6) is 0 Å². The number of nitrogens with zero attached hydrogens (tertiary/aromatic N) is 1. The lowest BCUT2D eigenvalue weighted by atomic mass is 9.98. The maximum atomic E-state index is 13.7. The molecule has 1 heterocycles. The lowest BCUT2D eigenvalue weighted by Gasteiger charge is -2.10. The van der Waals surface area contributed by atoms with Crippen molar-refractivity contribution in [3.05, 3.63) is 83.7 Å². The number of fused-ring (bicyclic) bond motifs is 1. The number of anilines is 1. The predicted octanol–water partition coefficient (Wildman–Crippen LogP) is 6.27. The summed E-state index contributed by atoms with van der Waals surface area (Å²) in [5.74, 6) is -0.219. The lowest BCUT2D eigenvalue weighted by Crippen LogP contribution is -2.34. The molecule has 0 fully saturated rings. The van der Waals surface area contributed by atoms with Crippen LogP contribution in [0.3, 0.4) is 0 Å². The zero-order chi connectivity index (χ0) is 22.7. The fraction of sp³-hybridized carbons (Fsp3) is 0.160. The quantitative estimate of drug-likeness (QED) is 0.353. The number of amides is 1.